The van der Waals surface area contributed by atoms with Crippen LogP contribution >= 0.6 is 25.3 Å². The molecule has 0 aromatic heterocycles. The number of hydrogen-bond acceptors (Lipinski definition) is 6. The minimum atomic E-state index is -0.405. The first kappa shape index (κ1) is 16.5. The second-order valence-electron chi connectivity index (χ2n) is 4.48. The van der Waals surface area contributed by atoms with Crippen molar-refractivity contribution in [3.8, 4) is 0 Å². The Kier molecular flexibility index (Phi) is 8.05. The zero-order chi connectivity index (χ0) is 12.7. The molecule has 0 saturated heterocycles. The largest absolute Gasteiger partial charge is 0.317 e. The first-order valence-corrected chi connectivity index (χ1v) is 6.81. The molecular formula is C10H26N4S2. The summed E-state index contributed by atoms with van der Waals surface area (Å²) in [4.78, 5) is 0. The Morgan fingerprint density at radius 2 is 1.81 bits per heavy atom. The van der Waals surface area contributed by atoms with Crippen LogP contribution in [0.4, 0.5) is 0 Å². The summed E-state index contributed by atoms with van der Waals surface area (Å²) in [6.07, 6.45) is 0.823. The lowest BCUT2D eigenvalue weighted by molar-refractivity contribution is 0.274. The number of nitrogens with one attached hydrogen (secondary N) is 3. The predicted molar refractivity (Wildman–Crippen MR) is 78.6 cm³/mol. The highest BCUT2D eigenvalue weighted by Gasteiger charge is 2.27. The van der Waals surface area contributed by atoms with E-state index in [1.54, 1.807) is 0 Å². The molecule has 0 aliphatic carbocycles. The van der Waals surface area contributed by atoms with Gasteiger partial charge in [0.1, 0.15) is 0 Å². The van der Waals surface area contributed by atoms with Crippen molar-refractivity contribution in [1.29, 1.82) is 0 Å². The van der Waals surface area contributed by atoms with Gasteiger partial charge < -0.3 is 16.4 Å². The number of thiol groups is 2. The summed E-state index contributed by atoms with van der Waals surface area (Å²) >= 11 is 8.58. The van der Waals surface area contributed by atoms with Crippen LogP contribution in [0.25, 0.3) is 0 Å². The van der Waals surface area contributed by atoms with Crippen LogP contribution in [0.5, 0.6) is 0 Å². The SMILES string of the molecule is CNC[C@@](N)(CCS)NC[C@@](C)(CS)NC. The van der Waals surface area contributed by atoms with E-state index in [4.69, 9.17) is 5.73 Å². The van der Waals surface area contributed by atoms with Crippen molar-refractivity contribution < 1.29 is 0 Å². The second-order valence-corrected chi connectivity index (χ2v) is 5.25. The van der Waals surface area contributed by atoms with E-state index in [0.29, 0.717) is 0 Å². The Hall–Kier alpha value is 0.540. The minimum Gasteiger partial charge on any atom is -0.317 e. The van der Waals surface area contributed by atoms with Crippen LogP contribution in [-0.4, -0.2) is 49.9 Å². The Morgan fingerprint density at radius 3 is 2.19 bits per heavy atom. The monoisotopic (exact) mass is 266 g/mol. The maximum Gasteiger partial charge on any atom is 0.0798 e. The minimum absolute atomic E-state index is 0.0436. The highest BCUT2D eigenvalue weighted by Crippen LogP contribution is 2.08. The van der Waals surface area contributed by atoms with Crippen molar-refractivity contribution in [2.45, 2.75) is 24.5 Å². The van der Waals surface area contributed by atoms with E-state index in [2.05, 4.69) is 48.1 Å². The first-order valence-electron chi connectivity index (χ1n) is 5.54. The van der Waals surface area contributed by atoms with Gasteiger partial charge in [-0.25, -0.2) is 0 Å². The van der Waals surface area contributed by atoms with E-state index in [1.165, 1.54) is 0 Å². The number of likely N-dealkylation sites (N-methyl/N-ethyl adjacent to an activating group) is 2. The molecule has 0 aromatic carbocycles. The molecule has 2 atom stereocenters. The van der Waals surface area contributed by atoms with Crippen molar-refractivity contribution in [3.63, 3.8) is 0 Å². The molecule has 0 amide bonds. The number of hydrogen-bond donors (Lipinski definition) is 6. The highest BCUT2D eigenvalue weighted by molar-refractivity contribution is 7.80. The van der Waals surface area contributed by atoms with Gasteiger partial charge in [0.2, 0.25) is 0 Å². The molecular weight excluding hydrogens is 240 g/mol. The molecule has 5 N–H and O–H groups in total. The van der Waals surface area contributed by atoms with Gasteiger partial charge >= 0.3 is 0 Å². The van der Waals surface area contributed by atoms with Gasteiger partial charge in [0.05, 0.1) is 5.66 Å². The van der Waals surface area contributed by atoms with Crippen LogP contribution in [0.15, 0.2) is 0 Å². The average Bonchev–Trinajstić information content (AvgIpc) is 2.27. The summed E-state index contributed by atoms with van der Waals surface area (Å²) < 4.78 is 0. The molecule has 6 heteroatoms. The maximum atomic E-state index is 6.26. The molecule has 0 unspecified atom stereocenters. The van der Waals surface area contributed by atoms with E-state index in [-0.39, 0.29) is 5.54 Å². The smallest absolute Gasteiger partial charge is 0.0798 e. The molecule has 0 rings (SSSR count). The number of nitrogens with two attached hydrogens (primary N) is 1. The molecule has 0 aliphatic rings. The quantitative estimate of drug-likeness (QED) is 0.256. The van der Waals surface area contributed by atoms with Gasteiger partial charge in [0.15, 0.2) is 0 Å². The molecule has 0 saturated carbocycles. The lowest BCUT2D eigenvalue weighted by atomic mass is 10.0. The Balaban J connectivity index is 4.30. The maximum absolute atomic E-state index is 6.26. The molecule has 0 fully saturated rings. The molecule has 16 heavy (non-hydrogen) atoms. The Labute approximate surface area is 110 Å². The standard InChI is InChI=1S/C10H26N4S2/c1-9(8-16,13-3)6-14-10(11,4-5-15)7-12-2/h12-16H,4-8,11H2,1-3H3/t9-,10+/m0/s1. The van der Waals surface area contributed by atoms with Crippen molar-refractivity contribution in [2.24, 2.45) is 5.73 Å². The van der Waals surface area contributed by atoms with Gasteiger partial charge in [-0.05, 0) is 33.2 Å². The third kappa shape index (κ3) is 5.75. The average molecular weight is 266 g/mol. The third-order valence-corrected chi connectivity index (χ3v) is 3.75. The van der Waals surface area contributed by atoms with Crippen molar-refractivity contribution in [2.75, 3.05) is 38.7 Å². The van der Waals surface area contributed by atoms with Crippen LogP contribution in [0.2, 0.25) is 0 Å². The summed E-state index contributed by atoms with van der Waals surface area (Å²) in [6, 6.07) is 0. The van der Waals surface area contributed by atoms with Crippen LogP contribution in [0.3, 0.4) is 0 Å². The van der Waals surface area contributed by atoms with Crippen molar-refractivity contribution in [3.05, 3.63) is 0 Å². The summed E-state index contributed by atoms with van der Waals surface area (Å²) in [5.41, 5.74) is 5.81. The van der Waals surface area contributed by atoms with E-state index >= 15 is 0 Å². The van der Waals surface area contributed by atoms with Crippen LogP contribution in [0, 0.1) is 0 Å². The van der Waals surface area contributed by atoms with Crippen LogP contribution in [-0.2, 0) is 0 Å². The molecule has 0 heterocycles. The Bertz CT molecular complexity index is 180. The molecule has 0 aromatic rings. The first-order chi connectivity index (χ1) is 7.45. The normalized spacial score (nSPS) is 19.1. The fraction of sp³-hybridized carbons (Fsp3) is 1.00. The molecule has 0 radical (unpaired) electrons. The van der Waals surface area contributed by atoms with Crippen LogP contribution in [0.1, 0.15) is 13.3 Å². The third-order valence-electron chi connectivity index (χ3n) is 2.83. The second kappa shape index (κ2) is 7.79. The van der Waals surface area contributed by atoms with E-state index in [0.717, 1.165) is 31.0 Å². The zero-order valence-corrected chi connectivity index (χ0v) is 12.3. The van der Waals surface area contributed by atoms with E-state index in [1.807, 2.05) is 14.1 Å². The molecule has 0 spiro atoms. The Morgan fingerprint density at radius 1 is 1.19 bits per heavy atom. The van der Waals surface area contributed by atoms with Gasteiger partial charge in [-0.1, -0.05) is 0 Å². The summed E-state index contributed by atoms with van der Waals surface area (Å²) in [5, 5.41) is 9.75. The van der Waals surface area contributed by atoms with Gasteiger partial charge in [0, 0.05) is 24.4 Å². The zero-order valence-electron chi connectivity index (χ0n) is 10.5. The van der Waals surface area contributed by atoms with Crippen molar-refractivity contribution >= 4 is 25.3 Å². The summed E-state index contributed by atoms with van der Waals surface area (Å²) in [5.74, 6) is 1.52. The van der Waals surface area contributed by atoms with Crippen molar-refractivity contribution in [1.82, 2.24) is 16.0 Å². The molecule has 0 bridgehead atoms. The van der Waals surface area contributed by atoms with Crippen LogP contribution < -0.4 is 21.7 Å². The van der Waals surface area contributed by atoms with Gasteiger partial charge in [-0.15, -0.1) is 0 Å². The van der Waals surface area contributed by atoms with Gasteiger partial charge in [0.25, 0.3) is 0 Å². The lowest BCUT2D eigenvalue weighted by Gasteiger charge is -2.36. The molecule has 0 aliphatic heterocycles. The van der Waals surface area contributed by atoms with Gasteiger partial charge in [-0.3, -0.25) is 5.32 Å². The fourth-order valence-electron chi connectivity index (χ4n) is 1.35. The summed E-state index contributed by atoms with van der Waals surface area (Å²) in [7, 11) is 3.84. The summed E-state index contributed by atoms with van der Waals surface area (Å²) in [6.45, 7) is 3.62. The molecule has 98 valence electrons. The highest BCUT2D eigenvalue weighted by atomic mass is 32.1. The fourth-order valence-corrected chi connectivity index (χ4v) is 2.02. The molecule has 4 nitrogen and oxygen atoms in total. The van der Waals surface area contributed by atoms with E-state index in [9.17, 15) is 0 Å². The van der Waals surface area contributed by atoms with Gasteiger partial charge in [-0.2, -0.15) is 25.3 Å². The lowest BCUT2D eigenvalue weighted by Crippen LogP contribution is -2.64. The predicted octanol–water partition coefficient (Wildman–Crippen LogP) is -0.322. The topological polar surface area (TPSA) is 62.1 Å². The number of rotatable bonds is 9. The van der Waals surface area contributed by atoms with E-state index < -0.39 is 5.66 Å².